The van der Waals surface area contributed by atoms with Crippen molar-refractivity contribution in [3.05, 3.63) is 48.5 Å². The van der Waals surface area contributed by atoms with Gasteiger partial charge in [-0.2, -0.15) is 0 Å². The maximum absolute atomic E-state index is 10.5. The summed E-state index contributed by atoms with van der Waals surface area (Å²) in [5.74, 6) is 1.09. The predicted molar refractivity (Wildman–Crippen MR) is 89.2 cm³/mol. The Hall–Kier alpha value is -2.30. The van der Waals surface area contributed by atoms with Crippen LogP contribution in [-0.4, -0.2) is 37.6 Å². The van der Waals surface area contributed by atoms with Crippen molar-refractivity contribution in [3.8, 4) is 11.5 Å². The van der Waals surface area contributed by atoms with Gasteiger partial charge in [-0.1, -0.05) is 48.5 Å². The molecule has 4 heteroatoms. The Kier molecular flexibility index (Phi) is 3.77. The second kappa shape index (κ2) is 6.07. The molecule has 0 bridgehead atoms. The van der Waals surface area contributed by atoms with Crippen LogP contribution in [0.5, 0.6) is 11.5 Å². The zero-order valence-electron chi connectivity index (χ0n) is 12.7. The predicted octanol–water partition coefficient (Wildman–Crippen LogP) is 3.49. The minimum absolute atomic E-state index is 0.269. The average Bonchev–Trinajstić information content (AvgIpc) is 3.42. The Morgan fingerprint density at radius 3 is 2.04 bits per heavy atom. The third-order valence-electron chi connectivity index (χ3n) is 4.03. The standard InChI is InChI=1S/C19H18O4/c20-18-14-5-1-3-7-16(14)19(17-8-4-2-6-15(17)18)22-10-9-21-11-13-12-23-13/h1-8,13,20H,9-12H2. The number of rotatable bonds is 6. The van der Waals surface area contributed by atoms with Crippen molar-refractivity contribution in [3.63, 3.8) is 0 Å². The molecule has 4 rings (SSSR count). The second-order valence-corrected chi connectivity index (χ2v) is 5.65. The highest BCUT2D eigenvalue weighted by molar-refractivity contribution is 6.10. The van der Waals surface area contributed by atoms with Gasteiger partial charge in [0.05, 0.1) is 19.8 Å². The third kappa shape index (κ3) is 2.83. The van der Waals surface area contributed by atoms with E-state index in [0.29, 0.717) is 25.6 Å². The third-order valence-corrected chi connectivity index (χ3v) is 4.03. The van der Waals surface area contributed by atoms with Crippen LogP contribution in [0.3, 0.4) is 0 Å². The van der Waals surface area contributed by atoms with Gasteiger partial charge in [-0.25, -0.2) is 0 Å². The lowest BCUT2D eigenvalue weighted by molar-refractivity contribution is 0.0887. The van der Waals surface area contributed by atoms with Gasteiger partial charge in [0.25, 0.3) is 0 Å². The Morgan fingerprint density at radius 1 is 0.913 bits per heavy atom. The first-order valence-corrected chi connectivity index (χ1v) is 7.79. The molecule has 3 aromatic rings. The summed E-state index contributed by atoms with van der Waals surface area (Å²) in [5.41, 5.74) is 0. The molecule has 1 heterocycles. The van der Waals surface area contributed by atoms with Gasteiger partial charge in [0.2, 0.25) is 0 Å². The SMILES string of the molecule is Oc1c2ccccc2c(OCCOCC2CO2)c2ccccc12. The molecule has 118 valence electrons. The number of benzene rings is 3. The van der Waals surface area contributed by atoms with Crippen LogP contribution >= 0.6 is 0 Å². The van der Waals surface area contributed by atoms with E-state index in [2.05, 4.69) is 0 Å². The van der Waals surface area contributed by atoms with Crippen molar-refractivity contribution in [2.75, 3.05) is 26.4 Å². The van der Waals surface area contributed by atoms with Crippen LogP contribution in [0.2, 0.25) is 0 Å². The maximum Gasteiger partial charge on any atom is 0.135 e. The fourth-order valence-corrected chi connectivity index (χ4v) is 2.80. The summed E-state index contributed by atoms with van der Waals surface area (Å²) in [6.07, 6.45) is 0.269. The first-order valence-electron chi connectivity index (χ1n) is 7.79. The van der Waals surface area contributed by atoms with Crippen molar-refractivity contribution in [2.24, 2.45) is 0 Å². The topological polar surface area (TPSA) is 51.2 Å². The highest BCUT2D eigenvalue weighted by Gasteiger charge is 2.22. The van der Waals surface area contributed by atoms with Gasteiger partial charge < -0.3 is 19.3 Å². The first-order chi connectivity index (χ1) is 11.3. The normalized spacial score (nSPS) is 16.8. The molecule has 0 radical (unpaired) electrons. The van der Waals surface area contributed by atoms with Gasteiger partial charge in [0, 0.05) is 21.5 Å². The van der Waals surface area contributed by atoms with Crippen molar-refractivity contribution >= 4 is 21.5 Å². The van der Waals surface area contributed by atoms with E-state index < -0.39 is 0 Å². The molecule has 1 aliphatic heterocycles. The Labute approximate surface area is 134 Å². The molecule has 1 atom stereocenters. The van der Waals surface area contributed by atoms with Gasteiger partial charge in [0.1, 0.15) is 24.2 Å². The lowest BCUT2D eigenvalue weighted by Crippen LogP contribution is -2.10. The highest BCUT2D eigenvalue weighted by atomic mass is 16.6. The van der Waals surface area contributed by atoms with Crippen LogP contribution in [0.15, 0.2) is 48.5 Å². The lowest BCUT2D eigenvalue weighted by Gasteiger charge is -2.14. The fourth-order valence-electron chi connectivity index (χ4n) is 2.80. The fraction of sp³-hybridized carbons (Fsp3) is 0.263. The molecule has 0 saturated carbocycles. The number of phenolic OH excluding ortho intramolecular Hbond substituents is 1. The summed E-state index contributed by atoms with van der Waals surface area (Å²) in [5, 5.41) is 13.9. The van der Waals surface area contributed by atoms with Gasteiger partial charge in [-0.3, -0.25) is 0 Å². The molecule has 23 heavy (non-hydrogen) atoms. The molecule has 1 saturated heterocycles. The number of hydrogen-bond acceptors (Lipinski definition) is 4. The molecule has 0 amide bonds. The number of hydrogen-bond donors (Lipinski definition) is 1. The molecule has 0 spiro atoms. The number of phenols is 1. The van der Waals surface area contributed by atoms with Gasteiger partial charge >= 0.3 is 0 Å². The Balaban J connectivity index is 1.65. The zero-order chi connectivity index (χ0) is 15.6. The monoisotopic (exact) mass is 310 g/mol. The van der Waals surface area contributed by atoms with Crippen molar-refractivity contribution in [2.45, 2.75) is 6.10 Å². The number of fused-ring (bicyclic) bond motifs is 2. The van der Waals surface area contributed by atoms with E-state index in [0.717, 1.165) is 33.9 Å². The number of ether oxygens (including phenoxy) is 3. The van der Waals surface area contributed by atoms with Crippen LogP contribution < -0.4 is 4.74 Å². The van der Waals surface area contributed by atoms with Crippen LogP contribution in [0.4, 0.5) is 0 Å². The van der Waals surface area contributed by atoms with E-state index in [9.17, 15) is 5.11 Å². The highest BCUT2D eigenvalue weighted by Crippen LogP contribution is 2.41. The Bertz CT molecular complexity index is 782. The van der Waals surface area contributed by atoms with E-state index in [4.69, 9.17) is 14.2 Å². The van der Waals surface area contributed by atoms with E-state index >= 15 is 0 Å². The maximum atomic E-state index is 10.5. The molecule has 0 aliphatic carbocycles. The summed E-state index contributed by atoms with van der Waals surface area (Å²) >= 11 is 0. The van der Waals surface area contributed by atoms with Crippen molar-refractivity contribution in [1.29, 1.82) is 0 Å². The first kappa shape index (κ1) is 14.3. The molecule has 1 N–H and O–H groups in total. The second-order valence-electron chi connectivity index (χ2n) is 5.65. The van der Waals surface area contributed by atoms with Crippen LogP contribution in [0.25, 0.3) is 21.5 Å². The zero-order valence-corrected chi connectivity index (χ0v) is 12.7. The Morgan fingerprint density at radius 2 is 1.48 bits per heavy atom. The molecular weight excluding hydrogens is 292 g/mol. The molecule has 1 unspecified atom stereocenters. The number of aromatic hydroxyl groups is 1. The summed E-state index contributed by atoms with van der Waals surface area (Å²) < 4.78 is 16.6. The molecule has 0 aromatic heterocycles. The van der Waals surface area contributed by atoms with Crippen molar-refractivity contribution in [1.82, 2.24) is 0 Å². The smallest absolute Gasteiger partial charge is 0.135 e. The molecule has 4 nitrogen and oxygen atoms in total. The van der Waals surface area contributed by atoms with Gasteiger partial charge in [0.15, 0.2) is 0 Å². The van der Waals surface area contributed by atoms with E-state index in [-0.39, 0.29) is 6.10 Å². The van der Waals surface area contributed by atoms with E-state index in [1.165, 1.54) is 0 Å². The summed E-state index contributed by atoms with van der Waals surface area (Å²) in [4.78, 5) is 0. The van der Waals surface area contributed by atoms with Crippen LogP contribution in [0.1, 0.15) is 0 Å². The average molecular weight is 310 g/mol. The minimum atomic E-state index is 0.269. The van der Waals surface area contributed by atoms with E-state index in [1.54, 1.807) is 0 Å². The van der Waals surface area contributed by atoms with Gasteiger partial charge in [-0.15, -0.1) is 0 Å². The largest absolute Gasteiger partial charge is 0.507 e. The molecule has 1 fully saturated rings. The van der Waals surface area contributed by atoms with Crippen LogP contribution in [0, 0.1) is 0 Å². The molecule has 3 aromatic carbocycles. The number of epoxide rings is 1. The summed E-state index contributed by atoms with van der Waals surface area (Å²) in [6.45, 7) is 2.41. The molecular formula is C19H18O4. The minimum Gasteiger partial charge on any atom is -0.507 e. The molecule has 1 aliphatic rings. The quantitative estimate of drug-likeness (QED) is 0.430. The summed E-state index contributed by atoms with van der Waals surface area (Å²) in [6, 6.07) is 15.5. The van der Waals surface area contributed by atoms with E-state index in [1.807, 2.05) is 48.5 Å². The van der Waals surface area contributed by atoms with Crippen LogP contribution in [-0.2, 0) is 9.47 Å². The summed E-state index contributed by atoms with van der Waals surface area (Å²) in [7, 11) is 0. The van der Waals surface area contributed by atoms with Crippen molar-refractivity contribution < 1.29 is 19.3 Å². The van der Waals surface area contributed by atoms with Gasteiger partial charge in [-0.05, 0) is 0 Å². The lowest BCUT2D eigenvalue weighted by atomic mass is 10.0.